The fraction of sp³-hybridized carbons (Fsp3) is 0.818. The Hall–Kier alpha value is -3.96. The first-order valence-corrected chi connectivity index (χ1v) is 31.2. The number of piperidine rings is 1. The molecule has 0 aromatic carbocycles. The maximum absolute atomic E-state index is 13.0. The number of amides is 5. The van der Waals surface area contributed by atoms with Gasteiger partial charge in [-0.25, -0.2) is 0 Å². The Morgan fingerprint density at radius 2 is 1.01 bits per heavy atom. The van der Waals surface area contributed by atoms with Crippen molar-refractivity contribution in [3.8, 4) is 0 Å². The zero-order chi connectivity index (χ0) is 56.3. The average molecular weight is 1080 g/mol. The van der Waals surface area contributed by atoms with Gasteiger partial charge in [0.2, 0.25) is 29.5 Å². The zero-order valence-corrected chi connectivity index (χ0v) is 50.3. The van der Waals surface area contributed by atoms with Crippen LogP contribution in [0.25, 0.3) is 0 Å². The second-order valence-electron chi connectivity index (χ2n) is 31.2. The van der Waals surface area contributed by atoms with Crippen LogP contribution in [0.1, 0.15) is 205 Å². The third-order valence-electron chi connectivity index (χ3n) is 25.1. The van der Waals surface area contributed by atoms with E-state index >= 15 is 0 Å². The van der Waals surface area contributed by atoms with Gasteiger partial charge < -0.3 is 31.3 Å². The minimum atomic E-state index is -0.177. The molecule has 0 unspecified atom stereocenters. The summed E-state index contributed by atoms with van der Waals surface area (Å²) < 4.78 is 5.10. The molecule has 0 radical (unpaired) electrons. The van der Waals surface area contributed by atoms with Gasteiger partial charge in [0.05, 0.1) is 13.0 Å². The molecule has 78 heavy (non-hydrogen) atoms. The summed E-state index contributed by atoms with van der Waals surface area (Å²) in [4.78, 5) is 73.8. The van der Waals surface area contributed by atoms with Crippen molar-refractivity contribution in [1.29, 1.82) is 0 Å². The van der Waals surface area contributed by atoms with E-state index in [4.69, 9.17) is 4.74 Å². The number of esters is 1. The number of hydrogen-bond donors (Lipinski definition) is 5. The molecule has 432 valence electrons. The van der Waals surface area contributed by atoms with Gasteiger partial charge in [-0.1, -0.05) is 59.8 Å². The monoisotopic (exact) mass is 1080 g/mol. The van der Waals surface area contributed by atoms with E-state index in [-0.39, 0.29) is 103 Å². The Kier molecular flexibility index (Phi) is 14.8. The second-order valence-corrected chi connectivity index (χ2v) is 31.2. The number of fused-ring (bicyclic) bond motifs is 15. The molecule has 12 heteroatoms. The van der Waals surface area contributed by atoms with Crippen molar-refractivity contribution in [2.75, 3.05) is 7.11 Å². The molecule has 5 N–H and O–H groups in total. The number of allylic oxidation sites excluding steroid dienone is 2. The van der Waals surface area contributed by atoms with Gasteiger partial charge in [0, 0.05) is 64.0 Å². The molecule has 9 fully saturated rings. The average Bonchev–Trinajstić information content (AvgIpc) is 4.22. The van der Waals surface area contributed by atoms with Crippen molar-refractivity contribution in [3.63, 3.8) is 0 Å². The quantitative estimate of drug-likeness (QED) is 0.175. The number of methoxy groups -OCH3 is 1. The van der Waals surface area contributed by atoms with Gasteiger partial charge in [0.1, 0.15) is 0 Å². The van der Waals surface area contributed by atoms with Gasteiger partial charge in [-0.3, -0.25) is 28.8 Å². The largest absolute Gasteiger partial charge is 0.469 e. The summed E-state index contributed by atoms with van der Waals surface area (Å²) in [6.45, 7) is 26.6. The highest BCUT2D eigenvalue weighted by Gasteiger charge is 2.64. The normalized spacial score (nSPS) is 46.4. The third kappa shape index (κ3) is 9.66. The number of nitrogens with one attached hydrogen (secondary N) is 5. The van der Waals surface area contributed by atoms with E-state index in [1.165, 1.54) is 32.8 Å². The lowest BCUT2D eigenvalue weighted by atomic mass is 9.47. The first-order chi connectivity index (χ1) is 36.5. The summed E-state index contributed by atoms with van der Waals surface area (Å²) >= 11 is 0. The predicted octanol–water partition coefficient (Wildman–Crippen LogP) is 11.1. The smallest absolute Gasteiger partial charge is 0.309 e. The molecule has 3 aliphatic heterocycles. The lowest BCUT2D eigenvalue weighted by Gasteiger charge is -2.60. The summed E-state index contributed by atoms with van der Waals surface area (Å²) in [5.74, 6) is 6.92. The van der Waals surface area contributed by atoms with Crippen molar-refractivity contribution in [3.05, 3.63) is 36.1 Å². The van der Waals surface area contributed by atoms with E-state index in [1.54, 1.807) is 12.2 Å². The molecule has 20 atom stereocenters. The van der Waals surface area contributed by atoms with Crippen LogP contribution in [-0.2, 0) is 33.5 Å². The van der Waals surface area contributed by atoms with Crippen LogP contribution < -0.4 is 26.6 Å². The topological polar surface area (TPSA) is 172 Å². The van der Waals surface area contributed by atoms with Gasteiger partial charge in [-0.15, -0.1) is 0 Å². The summed E-state index contributed by atoms with van der Waals surface area (Å²) in [6.07, 6.45) is 30.7. The maximum atomic E-state index is 13.0. The SMILES string of the molecule is CC(C)(C)NC(=O)[C@H]1CC[C@H]2[C@@H]3CC=C4NC(=O)C=C[C@]4(C)[C@H]3CC[C@]12C.CC(C)(C)NC(=O)[C@H]1CC[C@H]2[C@@H]3CC[C@H]4NC(=O)CC[C@]4(C)[C@H]3CC[C@]12C.COC(=O)[C@H]1CC[C@H]2[C@@H]3CC[C@H]4NC(=O)C=C[C@]4(C)[C@H]3CC[C@]12C. The summed E-state index contributed by atoms with van der Waals surface area (Å²) in [5.41, 5.74) is 1.37. The molecule has 0 spiro atoms. The van der Waals surface area contributed by atoms with E-state index in [9.17, 15) is 28.8 Å². The molecule has 0 bridgehead atoms. The lowest BCUT2D eigenvalue weighted by molar-refractivity contribution is -0.153. The number of hydrogen-bond acceptors (Lipinski definition) is 7. The van der Waals surface area contributed by atoms with Gasteiger partial charge in [0.25, 0.3) is 0 Å². The fourth-order valence-corrected chi connectivity index (χ4v) is 21.2. The first-order valence-electron chi connectivity index (χ1n) is 31.2. The highest BCUT2D eigenvalue weighted by Crippen LogP contribution is 2.68. The molecule has 8 saturated carbocycles. The molecular weight excluding hydrogens is 975 g/mol. The summed E-state index contributed by atoms with van der Waals surface area (Å²) in [6, 6.07) is 0.643. The molecule has 3 heterocycles. The van der Waals surface area contributed by atoms with Crippen molar-refractivity contribution < 1.29 is 33.5 Å². The molecule has 12 rings (SSSR count). The van der Waals surface area contributed by atoms with Crippen molar-refractivity contribution in [2.24, 2.45) is 104 Å². The van der Waals surface area contributed by atoms with Gasteiger partial charge in [0.15, 0.2) is 0 Å². The number of carbonyl (C=O) groups excluding carboxylic acids is 6. The van der Waals surface area contributed by atoms with Crippen LogP contribution in [0.5, 0.6) is 0 Å². The molecule has 0 aromatic heterocycles. The minimum Gasteiger partial charge on any atom is -0.469 e. The highest BCUT2D eigenvalue weighted by molar-refractivity contribution is 5.91. The van der Waals surface area contributed by atoms with E-state index < -0.39 is 0 Å². The van der Waals surface area contributed by atoms with Gasteiger partial charge in [-0.05, 0) is 238 Å². The Bertz CT molecular complexity index is 2500. The van der Waals surface area contributed by atoms with Crippen molar-refractivity contribution in [2.45, 2.75) is 228 Å². The van der Waals surface area contributed by atoms with E-state index in [2.05, 4.69) is 128 Å². The molecule has 12 nitrogen and oxygen atoms in total. The van der Waals surface area contributed by atoms with Crippen LogP contribution in [0.2, 0.25) is 0 Å². The molecular formula is C66H101N5O7. The van der Waals surface area contributed by atoms with Gasteiger partial charge in [-0.2, -0.15) is 0 Å². The van der Waals surface area contributed by atoms with Crippen LogP contribution in [-0.4, -0.2) is 65.8 Å². The Labute approximate surface area is 468 Å². The molecule has 5 amide bonds. The Balaban J connectivity index is 0.000000133. The van der Waals surface area contributed by atoms with Crippen LogP contribution in [0, 0.1) is 104 Å². The lowest BCUT2D eigenvalue weighted by Crippen LogP contribution is -2.61. The number of ether oxygens (including phenoxy) is 1. The Morgan fingerprint density at radius 1 is 0.526 bits per heavy atom. The summed E-state index contributed by atoms with van der Waals surface area (Å²) in [7, 11) is 1.52. The number of rotatable bonds is 3. The molecule has 9 aliphatic carbocycles. The van der Waals surface area contributed by atoms with Gasteiger partial charge >= 0.3 is 5.97 Å². The predicted molar refractivity (Wildman–Crippen MR) is 304 cm³/mol. The van der Waals surface area contributed by atoms with Crippen LogP contribution >= 0.6 is 0 Å². The fourth-order valence-electron chi connectivity index (χ4n) is 21.2. The summed E-state index contributed by atoms with van der Waals surface area (Å²) in [5, 5.41) is 16.1. The van der Waals surface area contributed by atoms with E-state index in [0.29, 0.717) is 59.8 Å². The van der Waals surface area contributed by atoms with Crippen LogP contribution in [0.4, 0.5) is 0 Å². The van der Waals surface area contributed by atoms with Crippen LogP contribution in [0.3, 0.4) is 0 Å². The molecule has 0 aromatic rings. The maximum Gasteiger partial charge on any atom is 0.309 e. The highest BCUT2D eigenvalue weighted by atomic mass is 16.5. The van der Waals surface area contributed by atoms with Crippen molar-refractivity contribution in [1.82, 2.24) is 26.6 Å². The van der Waals surface area contributed by atoms with Crippen LogP contribution in [0.15, 0.2) is 36.1 Å². The third-order valence-corrected chi connectivity index (χ3v) is 25.1. The van der Waals surface area contributed by atoms with Crippen molar-refractivity contribution >= 4 is 35.5 Å². The van der Waals surface area contributed by atoms with E-state index in [1.807, 2.05) is 0 Å². The standard InChI is InChI=1S/C23H38N2O2.C23H34N2O2.C20H29NO3/c2*1-21(2,3)25-20(27)17-8-7-15-14-6-9-18-23(5,13-11-19(26)24-18)16(14)10-12-22(15,17)4;1-19-10-8-14-12(13(19)5-6-15(19)18(23)24-3)4-7-16-20(14,2)11-9-17(22)21-16/h14-18H,6-13H2,1-5H3,(H,24,26)(H,25,27);9,11,13-17H,6-8,10,12H2,1-5H3,(H,24,26)(H,25,27);9,11-16H,4-8,10H2,1-3H3,(H,21,22)/t14-,15-,16-,17+,18+,22-,23+;14-,15-,16-,17+,22-,23+;12-,13-,14-,15+,16+,19-,20+/m000/s1. The zero-order valence-electron chi connectivity index (χ0n) is 50.3. The second kappa shape index (κ2) is 20.2. The Morgan fingerprint density at radius 3 is 1.59 bits per heavy atom. The molecule has 1 saturated heterocycles. The minimum absolute atomic E-state index is 0.00222. The first kappa shape index (κ1) is 57.3. The van der Waals surface area contributed by atoms with E-state index in [0.717, 1.165) is 102 Å². The number of carbonyl (C=O) groups is 6. The molecule has 12 aliphatic rings.